The van der Waals surface area contributed by atoms with Crippen LogP contribution < -0.4 is 14.2 Å². The molecule has 2 amide bonds. The number of rotatable bonds is 5. The van der Waals surface area contributed by atoms with Gasteiger partial charge in [0.2, 0.25) is 24.4 Å². The molecular formula is C24H28N2O5. The van der Waals surface area contributed by atoms with Gasteiger partial charge in [-0.2, -0.15) is 0 Å². The summed E-state index contributed by atoms with van der Waals surface area (Å²) >= 11 is 0. The highest BCUT2D eigenvalue weighted by atomic mass is 16.7. The van der Waals surface area contributed by atoms with Crippen LogP contribution in [0.25, 0.3) is 0 Å². The van der Waals surface area contributed by atoms with Gasteiger partial charge < -0.3 is 24.0 Å². The van der Waals surface area contributed by atoms with Crippen molar-refractivity contribution in [3.05, 3.63) is 53.6 Å². The summed E-state index contributed by atoms with van der Waals surface area (Å²) in [5.74, 6) is 1.90. The molecule has 0 aromatic heterocycles. The van der Waals surface area contributed by atoms with Gasteiger partial charge in [-0.25, -0.2) is 0 Å². The Morgan fingerprint density at radius 1 is 0.935 bits per heavy atom. The van der Waals surface area contributed by atoms with Gasteiger partial charge in [0.1, 0.15) is 0 Å². The van der Waals surface area contributed by atoms with Gasteiger partial charge in [-0.05, 0) is 36.1 Å². The van der Waals surface area contributed by atoms with Crippen molar-refractivity contribution >= 4 is 11.8 Å². The fraction of sp³-hybridized carbons (Fsp3) is 0.417. The Hall–Kier alpha value is -3.22. The van der Waals surface area contributed by atoms with Crippen molar-refractivity contribution in [3.8, 4) is 17.2 Å². The molecule has 164 valence electrons. The van der Waals surface area contributed by atoms with Gasteiger partial charge in [0.25, 0.3) is 0 Å². The molecule has 0 spiro atoms. The summed E-state index contributed by atoms with van der Waals surface area (Å²) in [5.41, 5.74) is 2.13. The highest BCUT2D eigenvalue weighted by Gasteiger charge is 2.36. The second-order valence-corrected chi connectivity index (χ2v) is 8.08. The molecule has 1 fully saturated rings. The van der Waals surface area contributed by atoms with Crippen molar-refractivity contribution in [2.24, 2.45) is 0 Å². The Morgan fingerprint density at radius 3 is 2.13 bits per heavy atom. The van der Waals surface area contributed by atoms with E-state index in [1.54, 1.807) is 21.0 Å². The number of hydrogen-bond donors (Lipinski definition) is 0. The van der Waals surface area contributed by atoms with Gasteiger partial charge in [-0.15, -0.1) is 0 Å². The smallest absolute Gasteiger partial charge is 0.231 e. The lowest BCUT2D eigenvalue weighted by atomic mass is 9.95. The highest BCUT2D eigenvalue weighted by Crippen LogP contribution is 2.42. The van der Waals surface area contributed by atoms with E-state index < -0.39 is 0 Å². The number of benzene rings is 2. The lowest BCUT2D eigenvalue weighted by molar-refractivity contribution is -0.144. The molecule has 7 nitrogen and oxygen atoms in total. The van der Waals surface area contributed by atoms with Crippen LogP contribution in [0.15, 0.2) is 42.5 Å². The van der Waals surface area contributed by atoms with Gasteiger partial charge in [0.05, 0.1) is 19.2 Å². The zero-order valence-corrected chi connectivity index (χ0v) is 18.2. The Kier molecular flexibility index (Phi) is 6.02. The third kappa shape index (κ3) is 4.45. The number of carbonyl (C=O) groups is 2. The van der Waals surface area contributed by atoms with Gasteiger partial charge in [-0.3, -0.25) is 9.59 Å². The molecule has 0 saturated carbocycles. The third-order valence-corrected chi connectivity index (χ3v) is 6.01. The second kappa shape index (κ2) is 8.88. The van der Waals surface area contributed by atoms with Crippen molar-refractivity contribution in [2.45, 2.75) is 38.8 Å². The summed E-state index contributed by atoms with van der Waals surface area (Å²) in [4.78, 5) is 28.8. The van der Waals surface area contributed by atoms with E-state index in [-0.39, 0.29) is 30.7 Å². The Bertz CT molecular complexity index is 962. The van der Waals surface area contributed by atoms with E-state index in [1.807, 2.05) is 40.1 Å². The first kappa shape index (κ1) is 21.0. The van der Waals surface area contributed by atoms with E-state index in [1.165, 1.54) is 0 Å². The number of fused-ring (bicyclic) bond motifs is 1. The molecule has 2 atom stereocenters. The van der Waals surface area contributed by atoms with Crippen LogP contribution in [0.3, 0.4) is 0 Å². The number of ether oxygens (including phenoxy) is 3. The third-order valence-electron chi connectivity index (χ3n) is 6.01. The van der Waals surface area contributed by atoms with E-state index >= 15 is 0 Å². The molecule has 4 rings (SSSR count). The van der Waals surface area contributed by atoms with Gasteiger partial charge in [0, 0.05) is 26.9 Å². The van der Waals surface area contributed by atoms with E-state index in [0.29, 0.717) is 36.8 Å². The monoisotopic (exact) mass is 424 g/mol. The number of nitrogens with zero attached hydrogens (tertiary/aromatic N) is 2. The maximum Gasteiger partial charge on any atom is 0.231 e. The number of hydrogen-bond acceptors (Lipinski definition) is 5. The minimum Gasteiger partial charge on any atom is -0.493 e. The Morgan fingerprint density at radius 2 is 1.55 bits per heavy atom. The van der Waals surface area contributed by atoms with Crippen LogP contribution in [0, 0.1) is 0 Å². The summed E-state index contributed by atoms with van der Waals surface area (Å²) < 4.78 is 16.5. The average Bonchev–Trinajstić information content (AvgIpc) is 3.23. The molecule has 2 aromatic rings. The number of carbonyl (C=O) groups excluding carboxylic acids is 2. The summed E-state index contributed by atoms with van der Waals surface area (Å²) in [5, 5.41) is 0. The van der Waals surface area contributed by atoms with Crippen molar-refractivity contribution in [3.63, 3.8) is 0 Å². The topological polar surface area (TPSA) is 68.3 Å². The Balaban J connectivity index is 1.58. The van der Waals surface area contributed by atoms with E-state index in [4.69, 9.17) is 14.2 Å². The molecule has 0 unspecified atom stereocenters. The molecular weight excluding hydrogens is 396 g/mol. The van der Waals surface area contributed by atoms with Crippen LogP contribution in [0.2, 0.25) is 0 Å². The lowest BCUT2D eigenvalue weighted by Crippen LogP contribution is -2.61. The molecule has 31 heavy (non-hydrogen) atoms. The summed E-state index contributed by atoms with van der Waals surface area (Å²) in [6.45, 7) is 4.36. The molecule has 2 heterocycles. The largest absolute Gasteiger partial charge is 0.493 e. The predicted molar refractivity (Wildman–Crippen MR) is 115 cm³/mol. The Labute approximate surface area is 182 Å². The molecule has 1 saturated heterocycles. The van der Waals surface area contributed by atoms with E-state index in [9.17, 15) is 9.59 Å². The van der Waals surface area contributed by atoms with Crippen molar-refractivity contribution in [2.75, 3.05) is 27.0 Å². The molecule has 0 N–H and O–H groups in total. The van der Waals surface area contributed by atoms with E-state index in [2.05, 4.69) is 12.1 Å². The standard InChI is InChI=1S/C24H28N2O5/c1-16(27)25-14-21(10-19-11-22(29-3)24-23(12-19)30-15-31-24)26(17(2)28)13-20(25)9-18-7-5-4-6-8-18/h4-8,11-12,20-21H,9-10,13-15H2,1-3H3/t20-,21+/m1/s1. The number of methoxy groups -OCH3 is 1. The molecule has 2 aliphatic rings. The summed E-state index contributed by atoms with van der Waals surface area (Å²) in [7, 11) is 1.59. The predicted octanol–water partition coefficient (Wildman–Crippen LogP) is 2.66. The van der Waals surface area contributed by atoms with Gasteiger partial charge in [0.15, 0.2) is 11.5 Å². The SMILES string of the molecule is COc1cc(C[C@H]2CN(C(C)=O)[C@H](Cc3ccccc3)CN2C(C)=O)cc2c1OCO2. The molecule has 0 radical (unpaired) electrons. The van der Waals surface area contributed by atoms with Crippen molar-refractivity contribution in [1.29, 1.82) is 0 Å². The number of piperazine rings is 1. The van der Waals surface area contributed by atoms with Crippen LogP contribution in [0.5, 0.6) is 17.2 Å². The summed E-state index contributed by atoms with van der Waals surface area (Å²) in [6.07, 6.45) is 1.31. The second-order valence-electron chi connectivity index (χ2n) is 8.08. The lowest BCUT2D eigenvalue weighted by Gasteiger charge is -2.46. The fourth-order valence-corrected chi connectivity index (χ4v) is 4.53. The fourth-order valence-electron chi connectivity index (χ4n) is 4.53. The molecule has 2 aliphatic heterocycles. The van der Waals surface area contributed by atoms with Crippen LogP contribution >= 0.6 is 0 Å². The molecule has 0 bridgehead atoms. The first-order valence-electron chi connectivity index (χ1n) is 10.5. The minimum atomic E-state index is -0.126. The normalized spacial score (nSPS) is 20.0. The van der Waals surface area contributed by atoms with Crippen LogP contribution in [0.4, 0.5) is 0 Å². The molecule has 2 aromatic carbocycles. The van der Waals surface area contributed by atoms with Crippen LogP contribution in [-0.4, -0.2) is 60.7 Å². The highest BCUT2D eigenvalue weighted by molar-refractivity contribution is 5.76. The zero-order valence-electron chi connectivity index (χ0n) is 18.2. The zero-order chi connectivity index (χ0) is 22.0. The van der Waals surface area contributed by atoms with Crippen LogP contribution in [-0.2, 0) is 22.4 Å². The first-order chi connectivity index (χ1) is 15.0. The van der Waals surface area contributed by atoms with Gasteiger partial charge in [-0.1, -0.05) is 30.3 Å². The quantitative estimate of drug-likeness (QED) is 0.738. The van der Waals surface area contributed by atoms with E-state index in [0.717, 1.165) is 17.5 Å². The molecule has 0 aliphatic carbocycles. The maximum absolute atomic E-state index is 12.5. The van der Waals surface area contributed by atoms with Gasteiger partial charge >= 0.3 is 0 Å². The van der Waals surface area contributed by atoms with Crippen molar-refractivity contribution < 1.29 is 23.8 Å². The average molecular weight is 424 g/mol. The van der Waals surface area contributed by atoms with Crippen LogP contribution in [0.1, 0.15) is 25.0 Å². The molecule has 7 heteroatoms. The first-order valence-corrected chi connectivity index (χ1v) is 10.5. The van der Waals surface area contributed by atoms with Crippen molar-refractivity contribution in [1.82, 2.24) is 9.80 Å². The minimum absolute atomic E-state index is 0.0129. The number of amides is 2. The summed E-state index contributed by atoms with van der Waals surface area (Å²) in [6, 6.07) is 13.7. The maximum atomic E-state index is 12.5.